The summed E-state index contributed by atoms with van der Waals surface area (Å²) in [7, 11) is 0. The van der Waals surface area contributed by atoms with E-state index < -0.39 is 35.0 Å². The average molecular weight is 471 g/mol. The van der Waals surface area contributed by atoms with Crippen LogP contribution in [-0.2, 0) is 12.4 Å². The summed E-state index contributed by atoms with van der Waals surface area (Å²) in [5.41, 5.74) is -2.11. The summed E-state index contributed by atoms with van der Waals surface area (Å²) in [6.45, 7) is 1.78. The largest absolute Gasteiger partial charge is 0.416 e. The topological polar surface area (TPSA) is 37.8 Å². The molecule has 0 bridgehead atoms. The van der Waals surface area contributed by atoms with Gasteiger partial charge in [-0.15, -0.1) is 11.3 Å². The number of alkyl halides is 6. The maximum atomic E-state index is 13.4. The van der Waals surface area contributed by atoms with Gasteiger partial charge in [-0.1, -0.05) is 12.1 Å². The first-order valence-corrected chi connectivity index (χ1v) is 9.81. The standard InChI is InChI=1S/C21H12F7N3S/c1-10-16(11-2-4-14(22)5-3-11)17-18(29-9-30-19(17)32-10)31-15-7-12(20(23,24)25)6-13(8-15)21(26,27)28/h2-9H,1H3,(H,29,30,31). The molecular formula is C21H12F7N3S. The normalized spacial score (nSPS) is 12.4. The molecule has 0 aliphatic rings. The van der Waals surface area contributed by atoms with E-state index in [1.165, 1.54) is 35.6 Å². The summed E-state index contributed by atoms with van der Waals surface area (Å²) in [5, 5.41) is 3.00. The second kappa shape index (κ2) is 7.73. The zero-order valence-electron chi connectivity index (χ0n) is 16.1. The van der Waals surface area contributed by atoms with Crippen molar-refractivity contribution in [1.29, 1.82) is 0 Å². The molecule has 1 N–H and O–H groups in total. The molecule has 2 heterocycles. The Bertz CT molecular complexity index is 1260. The van der Waals surface area contributed by atoms with Gasteiger partial charge in [0.1, 0.15) is 22.8 Å². The van der Waals surface area contributed by atoms with Gasteiger partial charge in [-0.25, -0.2) is 14.4 Å². The fourth-order valence-electron chi connectivity index (χ4n) is 3.27. The quantitative estimate of drug-likeness (QED) is 0.313. The lowest BCUT2D eigenvalue weighted by Crippen LogP contribution is -2.11. The number of thiophene rings is 1. The van der Waals surface area contributed by atoms with Gasteiger partial charge in [0.05, 0.1) is 16.5 Å². The molecule has 0 radical (unpaired) electrons. The number of aryl methyl sites for hydroxylation is 1. The lowest BCUT2D eigenvalue weighted by atomic mass is 10.0. The summed E-state index contributed by atoms with van der Waals surface area (Å²) in [6, 6.07) is 6.76. The monoisotopic (exact) mass is 471 g/mol. The van der Waals surface area contributed by atoms with E-state index in [1.54, 1.807) is 6.92 Å². The number of nitrogens with zero attached hydrogens (tertiary/aromatic N) is 2. The van der Waals surface area contributed by atoms with Gasteiger partial charge in [0.25, 0.3) is 0 Å². The lowest BCUT2D eigenvalue weighted by molar-refractivity contribution is -0.143. The zero-order valence-corrected chi connectivity index (χ0v) is 16.9. The summed E-state index contributed by atoms with van der Waals surface area (Å²) in [6.07, 6.45) is -8.79. The molecule has 0 aliphatic carbocycles. The Hall–Kier alpha value is -3.21. The maximum Gasteiger partial charge on any atom is 0.416 e. The Balaban J connectivity index is 1.88. The molecule has 4 aromatic rings. The van der Waals surface area contributed by atoms with Crippen LogP contribution in [0.4, 0.5) is 42.2 Å². The molecule has 11 heteroatoms. The highest BCUT2D eigenvalue weighted by molar-refractivity contribution is 7.19. The maximum absolute atomic E-state index is 13.4. The van der Waals surface area contributed by atoms with Gasteiger partial charge in [0.15, 0.2) is 0 Å². The van der Waals surface area contributed by atoms with Crippen molar-refractivity contribution >= 4 is 33.1 Å². The van der Waals surface area contributed by atoms with Crippen LogP contribution in [0.1, 0.15) is 16.0 Å². The van der Waals surface area contributed by atoms with Gasteiger partial charge >= 0.3 is 12.4 Å². The second-order valence-electron chi connectivity index (χ2n) is 6.86. The Kier molecular flexibility index (Phi) is 5.32. The van der Waals surface area contributed by atoms with Gasteiger partial charge < -0.3 is 5.32 Å². The first-order chi connectivity index (χ1) is 14.9. The number of fused-ring (bicyclic) bond motifs is 1. The summed E-state index contributed by atoms with van der Waals surface area (Å²) in [5.74, 6) is -0.421. The molecule has 2 aromatic heterocycles. The molecule has 3 nitrogen and oxygen atoms in total. The number of rotatable bonds is 3. The number of hydrogen-bond donors (Lipinski definition) is 1. The molecule has 4 rings (SSSR count). The van der Waals surface area contributed by atoms with Crippen LogP contribution in [0.5, 0.6) is 0 Å². The van der Waals surface area contributed by atoms with Gasteiger partial charge in [-0.2, -0.15) is 26.3 Å². The number of benzene rings is 2. The predicted molar refractivity (Wildman–Crippen MR) is 107 cm³/mol. The third-order valence-corrected chi connectivity index (χ3v) is 5.66. The van der Waals surface area contributed by atoms with Crippen molar-refractivity contribution in [2.75, 3.05) is 5.32 Å². The van der Waals surface area contributed by atoms with Crippen LogP contribution < -0.4 is 5.32 Å². The number of nitrogens with one attached hydrogen (secondary N) is 1. The van der Waals surface area contributed by atoms with Crippen LogP contribution in [-0.4, -0.2) is 9.97 Å². The van der Waals surface area contributed by atoms with E-state index in [4.69, 9.17) is 0 Å². The molecule has 0 saturated carbocycles. The van der Waals surface area contributed by atoms with Crippen LogP contribution >= 0.6 is 11.3 Å². The molecule has 0 spiro atoms. The van der Waals surface area contributed by atoms with E-state index in [9.17, 15) is 30.7 Å². The van der Waals surface area contributed by atoms with E-state index in [0.717, 1.165) is 11.2 Å². The van der Waals surface area contributed by atoms with Crippen molar-refractivity contribution in [2.45, 2.75) is 19.3 Å². The van der Waals surface area contributed by atoms with E-state index in [1.807, 2.05) is 0 Å². The summed E-state index contributed by atoms with van der Waals surface area (Å²) < 4.78 is 92.6. The number of anilines is 2. The third-order valence-electron chi connectivity index (χ3n) is 4.65. The van der Waals surface area contributed by atoms with Crippen molar-refractivity contribution in [3.05, 3.63) is 70.6 Å². The third kappa shape index (κ3) is 4.24. The highest BCUT2D eigenvalue weighted by Crippen LogP contribution is 2.42. The fraction of sp³-hybridized carbons (Fsp3) is 0.143. The Morgan fingerprint density at radius 3 is 2.00 bits per heavy atom. The molecule has 0 fully saturated rings. The van der Waals surface area contributed by atoms with Crippen LogP contribution in [0, 0.1) is 12.7 Å². The Labute approximate surface area is 180 Å². The average Bonchev–Trinajstić information content (AvgIpc) is 3.04. The van der Waals surface area contributed by atoms with Crippen molar-refractivity contribution < 1.29 is 30.7 Å². The van der Waals surface area contributed by atoms with Gasteiger partial charge in [0.2, 0.25) is 0 Å². The Morgan fingerprint density at radius 2 is 1.44 bits per heavy atom. The smallest absolute Gasteiger partial charge is 0.340 e. The van der Waals surface area contributed by atoms with Crippen LogP contribution in [0.25, 0.3) is 21.3 Å². The molecule has 0 unspecified atom stereocenters. The fourth-order valence-corrected chi connectivity index (χ4v) is 4.28. The van der Waals surface area contributed by atoms with Gasteiger partial charge in [-0.05, 0) is 42.8 Å². The van der Waals surface area contributed by atoms with Gasteiger partial charge in [-0.3, -0.25) is 0 Å². The number of aromatic nitrogens is 2. The lowest BCUT2D eigenvalue weighted by Gasteiger charge is -2.15. The molecular weight excluding hydrogens is 459 g/mol. The minimum atomic E-state index is -4.98. The van der Waals surface area contributed by atoms with E-state index in [2.05, 4.69) is 15.3 Å². The van der Waals surface area contributed by atoms with Crippen molar-refractivity contribution in [1.82, 2.24) is 9.97 Å². The summed E-state index contributed by atoms with van der Waals surface area (Å²) in [4.78, 5) is 9.45. The predicted octanol–water partition coefficient (Wildman–Crippen LogP) is 7.59. The van der Waals surface area contributed by atoms with E-state index in [0.29, 0.717) is 33.5 Å². The molecule has 0 aliphatic heterocycles. The minimum Gasteiger partial charge on any atom is -0.340 e. The molecule has 2 aromatic carbocycles. The van der Waals surface area contributed by atoms with Gasteiger partial charge in [0, 0.05) is 16.1 Å². The molecule has 0 atom stereocenters. The highest BCUT2D eigenvalue weighted by Gasteiger charge is 2.37. The SMILES string of the molecule is Cc1sc2ncnc(Nc3cc(C(F)(F)F)cc(C(F)(F)F)c3)c2c1-c1ccc(F)cc1. The first-order valence-electron chi connectivity index (χ1n) is 9.00. The molecule has 32 heavy (non-hydrogen) atoms. The molecule has 166 valence electrons. The minimum absolute atomic E-state index is 0.0334. The highest BCUT2D eigenvalue weighted by atomic mass is 32.1. The van der Waals surface area contributed by atoms with Crippen LogP contribution in [0.2, 0.25) is 0 Å². The van der Waals surface area contributed by atoms with Crippen molar-refractivity contribution in [2.24, 2.45) is 0 Å². The molecule has 0 saturated heterocycles. The summed E-state index contributed by atoms with van der Waals surface area (Å²) >= 11 is 1.27. The number of hydrogen-bond acceptors (Lipinski definition) is 4. The Morgan fingerprint density at radius 1 is 0.844 bits per heavy atom. The zero-order chi connectivity index (χ0) is 23.3. The van der Waals surface area contributed by atoms with Crippen molar-refractivity contribution in [3.63, 3.8) is 0 Å². The van der Waals surface area contributed by atoms with E-state index in [-0.39, 0.29) is 11.9 Å². The second-order valence-corrected chi connectivity index (χ2v) is 8.07. The molecule has 0 amide bonds. The van der Waals surface area contributed by atoms with Crippen molar-refractivity contribution in [3.8, 4) is 11.1 Å². The first kappa shape index (κ1) is 22.0. The van der Waals surface area contributed by atoms with Crippen LogP contribution in [0.3, 0.4) is 0 Å². The van der Waals surface area contributed by atoms with Crippen LogP contribution in [0.15, 0.2) is 48.8 Å². The number of halogens is 7. The van der Waals surface area contributed by atoms with E-state index >= 15 is 0 Å².